The number of aryl methyl sites for hydroxylation is 1. The zero-order valence-electron chi connectivity index (χ0n) is 13.6. The molecule has 4 rings (SSSR count). The smallest absolute Gasteiger partial charge is 0.249 e. The van der Waals surface area contributed by atoms with Crippen molar-refractivity contribution in [1.82, 2.24) is 40.3 Å². The highest BCUT2D eigenvalue weighted by Crippen LogP contribution is 2.18. The minimum absolute atomic E-state index is 0.188. The Morgan fingerprint density at radius 3 is 2.88 bits per heavy atom. The molecule has 9 nitrogen and oxygen atoms in total. The molecule has 0 radical (unpaired) electrons. The Labute approximate surface area is 144 Å². The summed E-state index contributed by atoms with van der Waals surface area (Å²) in [7, 11) is 0. The van der Waals surface area contributed by atoms with Crippen molar-refractivity contribution in [3.05, 3.63) is 53.9 Å². The molecule has 0 spiro atoms. The topological polar surface area (TPSA) is 103 Å². The first-order valence-electron chi connectivity index (χ1n) is 8.29. The van der Waals surface area contributed by atoms with Crippen LogP contribution in [0.5, 0.6) is 0 Å². The molecule has 1 aliphatic heterocycles. The van der Waals surface area contributed by atoms with Gasteiger partial charge in [-0.25, -0.2) is 4.68 Å². The number of amides is 1. The zero-order chi connectivity index (χ0) is 17.1. The Hall–Kier alpha value is -3.10. The fraction of sp³-hybridized carbons (Fsp3) is 0.375. The van der Waals surface area contributed by atoms with Crippen LogP contribution in [0.4, 0.5) is 0 Å². The maximum absolute atomic E-state index is 12.8. The highest BCUT2D eigenvalue weighted by atomic mass is 16.2. The van der Waals surface area contributed by atoms with Crippen molar-refractivity contribution in [2.24, 2.45) is 0 Å². The van der Waals surface area contributed by atoms with Crippen LogP contribution in [0.2, 0.25) is 0 Å². The summed E-state index contributed by atoms with van der Waals surface area (Å²) in [5, 5.41) is 22.6. The summed E-state index contributed by atoms with van der Waals surface area (Å²) < 4.78 is 3.54. The summed E-state index contributed by atoms with van der Waals surface area (Å²) in [5.74, 6) is 1.59. The van der Waals surface area contributed by atoms with E-state index in [1.807, 2.05) is 30.3 Å². The fourth-order valence-corrected chi connectivity index (χ4v) is 3.11. The first kappa shape index (κ1) is 15.4. The van der Waals surface area contributed by atoms with Gasteiger partial charge in [-0.3, -0.25) is 4.79 Å². The van der Waals surface area contributed by atoms with Crippen molar-refractivity contribution in [1.29, 1.82) is 0 Å². The number of carbonyl (C=O) groups excluding carboxylic acids is 1. The predicted molar refractivity (Wildman–Crippen MR) is 87.2 cm³/mol. The molecule has 3 heterocycles. The third-order valence-corrected chi connectivity index (χ3v) is 4.35. The molecule has 1 aliphatic rings. The van der Waals surface area contributed by atoms with Crippen LogP contribution in [0.25, 0.3) is 0 Å². The van der Waals surface area contributed by atoms with E-state index >= 15 is 0 Å². The Balaban J connectivity index is 1.53. The molecule has 0 saturated heterocycles. The SMILES string of the molecule is O=C(NCc1nnc2n1CCCC2)C(c1ccccc1)n1cnnn1. The molecule has 2 aromatic heterocycles. The normalized spacial score (nSPS) is 14.7. The van der Waals surface area contributed by atoms with Gasteiger partial charge in [0.05, 0.1) is 6.54 Å². The van der Waals surface area contributed by atoms with Crippen LogP contribution < -0.4 is 5.32 Å². The summed E-state index contributed by atoms with van der Waals surface area (Å²) in [6, 6.07) is 8.81. The first-order chi connectivity index (χ1) is 12.3. The maximum atomic E-state index is 12.8. The van der Waals surface area contributed by atoms with E-state index in [0.717, 1.165) is 43.0 Å². The second-order valence-electron chi connectivity index (χ2n) is 5.96. The standard InChI is InChI=1S/C16H18N8O/c25-16(17-10-14-20-19-13-8-4-5-9-23(13)14)15(24-11-18-21-22-24)12-6-2-1-3-7-12/h1-3,6-7,11,15H,4-5,8-10H2,(H,17,25). The van der Waals surface area contributed by atoms with Gasteiger partial charge in [0.1, 0.15) is 12.2 Å². The Morgan fingerprint density at radius 1 is 1.20 bits per heavy atom. The van der Waals surface area contributed by atoms with Gasteiger partial charge in [0.15, 0.2) is 11.9 Å². The van der Waals surface area contributed by atoms with Gasteiger partial charge in [0.2, 0.25) is 5.91 Å². The molecule has 0 saturated carbocycles. The van der Waals surface area contributed by atoms with Crippen molar-refractivity contribution in [3.63, 3.8) is 0 Å². The molecule has 0 bridgehead atoms. The number of tetrazole rings is 1. The van der Waals surface area contributed by atoms with Gasteiger partial charge in [0.25, 0.3) is 0 Å². The fourth-order valence-electron chi connectivity index (χ4n) is 3.11. The molecule has 1 aromatic carbocycles. The molecular formula is C16H18N8O. The van der Waals surface area contributed by atoms with E-state index in [0.29, 0.717) is 6.54 Å². The van der Waals surface area contributed by atoms with Gasteiger partial charge in [-0.2, -0.15) is 0 Å². The molecule has 1 N–H and O–H groups in total. The predicted octanol–water partition coefficient (Wildman–Crippen LogP) is 0.507. The van der Waals surface area contributed by atoms with Crippen LogP contribution >= 0.6 is 0 Å². The van der Waals surface area contributed by atoms with Crippen molar-refractivity contribution >= 4 is 5.91 Å². The molecule has 0 aliphatic carbocycles. The summed E-state index contributed by atoms with van der Waals surface area (Å²) in [6.45, 7) is 1.24. The minimum atomic E-state index is -0.625. The van der Waals surface area contributed by atoms with Crippen LogP contribution in [-0.2, 0) is 24.3 Å². The number of hydrogen-bond donors (Lipinski definition) is 1. The second kappa shape index (κ2) is 6.80. The molecule has 9 heteroatoms. The molecular weight excluding hydrogens is 320 g/mol. The van der Waals surface area contributed by atoms with Crippen molar-refractivity contribution in [2.45, 2.75) is 38.4 Å². The number of nitrogens with one attached hydrogen (secondary N) is 1. The quantitative estimate of drug-likeness (QED) is 0.727. The summed E-state index contributed by atoms with van der Waals surface area (Å²) in [4.78, 5) is 12.8. The Kier molecular flexibility index (Phi) is 4.19. The Bertz CT molecular complexity index is 842. The molecule has 1 amide bonds. The summed E-state index contributed by atoms with van der Waals surface area (Å²) >= 11 is 0. The number of carbonyl (C=O) groups is 1. The van der Waals surface area contributed by atoms with Gasteiger partial charge in [-0.1, -0.05) is 30.3 Å². The molecule has 0 fully saturated rings. The molecule has 25 heavy (non-hydrogen) atoms. The molecule has 3 aromatic rings. The van der Waals surface area contributed by atoms with E-state index in [-0.39, 0.29) is 5.91 Å². The zero-order valence-corrected chi connectivity index (χ0v) is 13.6. The van der Waals surface area contributed by atoms with Crippen LogP contribution in [0, 0.1) is 0 Å². The van der Waals surface area contributed by atoms with E-state index in [2.05, 4.69) is 35.6 Å². The van der Waals surface area contributed by atoms with Gasteiger partial charge in [-0.15, -0.1) is 15.3 Å². The number of hydrogen-bond acceptors (Lipinski definition) is 6. The van der Waals surface area contributed by atoms with E-state index in [1.54, 1.807) is 0 Å². The number of benzene rings is 1. The lowest BCUT2D eigenvalue weighted by Crippen LogP contribution is -2.34. The van der Waals surface area contributed by atoms with Crippen molar-refractivity contribution < 1.29 is 4.79 Å². The van der Waals surface area contributed by atoms with Gasteiger partial charge in [0, 0.05) is 13.0 Å². The second-order valence-corrected chi connectivity index (χ2v) is 5.96. The molecule has 1 unspecified atom stereocenters. The number of rotatable bonds is 5. The van der Waals surface area contributed by atoms with Crippen molar-refractivity contribution in [3.8, 4) is 0 Å². The third-order valence-electron chi connectivity index (χ3n) is 4.35. The van der Waals surface area contributed by atoms with E-state index < -0.39 is 6.04 Å². The lowest BCUT2D eigenvalue weighted by Gasteiger charge is -2.18. The van der Waals surface area contributed by atoms with Crippen LogP contribution in [0.3, 0.4) is 0 Å². The minimum Gasteiger partial charge on any atom is -0.347 e. The third kappa shape index (κ3) is 3.12. The molecule has 128 valence electrons. The van der Waals surface area contributed by atoms with Crippen molar-refractivity contribution in [2.75, 3.05) is 0 Å². The van der Waals surface area contributed by atoms with E-state index in [1.165, 1.54) is 11.0 Å². The lowest BCUT2D eigenvalue weighted by atomic mass is 10.1. The number of aromatic nitrogens is 7. The summed E-state index contributed by atoms with van der Waals surface area (Å²) in [5.41, 5.74) is 0.815. The van der Waals surface area contributed by atoms with Crippen LogP contribution in [0.15, 0.2) is 36.7 Å². The monoisotopic (exact) mass is 338 g/mol. The Morgan fingerprint density at radius 2 is 2.08 bits per heavy atom. The average Bonchev–Trinajstić information content (AvgIpc) is 3.31. The van der Waals surface area contributed by atoms with Crippen LogP contribution in [-0.4, -0.2) is 40.9 Å². The van der Waals surface area contributed by atoms with E-state index in [9.17, 15) is 4.79 Å². The first-order valence-corrected chi connectivity index (χ1v) is 8.29. The van der Waals surface area contributed by atoms with Gasteiger partial charge < -0.3 is 9.88 Å². The lowest BCUT2D eigenvalue weighted by molar-refractivity contribution is -0.123. The highest BCUT2D eigenvalue weighted by molar-refractivity contribution is 5.83. The average molecular weight is 338 g/mol. The maximum Gasteiger partial charge on any atom is 0.249 e. The van der Waals surface area contributed by atoms with Crippen LogP contribution in [0.1, 0.15) is 36.1 Å². The molecule has 1 atom stereocenters. The number of nitrogens with zero attached hydrogens (tertiary/aromatic N) is 7. The summed E-state index contributed by atoms with van der Waals surface area (Å²) in [6.07, 6.45) is 4.64. The number of fused-ring (bicyclic) bond motifs is 1. The van der Waals surface area contributed by atoms with Gasteiger partial charge in [-0.05, 0) is 28.8 Å². The van der Waals surface area contributed by atoms with E-state index in [4.69, 9.17) is 0 Å². The van der Waals surface area contributed by atoms with Gasteiger partial charge >= 0.3 is 0 Å². The largest absolute Gasteiger partial charge is 0.347 e. The highest BCUT2D eigenvalue weighted by Gasteiger charge is 2.24.